The van der Waals surface area contributed by atoms with Crippen molar-refractivity contribution in [1.82, 2.24) is 5.32 Å². The van der Waals surface area contributed by atoms with E-state index in [2.05, 4.69) is 71.1 Å². The van der Waals surface area contributed by atoms with Crippen molar-refractivity contribution in [3.05, 3.63) is 29.8 Å². The molecule has 2 atom stereocenters. The van der Waals surface area contributed by atoms with Crippen molar-refractivity contribution < 1.29 is 29.3 Å². The molecular formula is C27H45NO6. The topological polar surface area (TPSA) is 105 Å². The van der Waals surface area contributed by atoms with Crippen LogP contribution < -0.4 is 10.1 Å². The quantitative estimate of drug-likeness (QED) is 0.289. The van der Waals surface area contributed by atoms with Crippen molar-refractivity contribution in [1.29, 1.82) is 0 Å². The van der Waals surface area contributed by atoms with Crippen molar-refractivity contribution in [3.63, 3.8) is 0 Å². The number of carboxylic acid groups (broad SMARTS) is 2. The number of hydrogen-bond donors (Lipinski definition) is 3. The predicted molar refractivity (Wildman–Crippen MR) is 134 cm³/mol. The second-order valence-corrected chi connectivity index (χ2v) is 10.5. The normalized spacial score (nSPS) is 18.2. The molecule has 1 aromatic carbocycles. The van der Waals surface area contributed by atoms with Crippen LogP contribution in [0, 0.1) is 17.8 Å². The number of hydrogen-bond acceptors (Lipinski definition) is 5. The average molecular weight is 480 g/mol. The van der Waals surface area contributed by atoms with Gasteiger partial charge in [-0.3, -0.25) is 0 Å². The molecule has 194 valence electrons. The van der Waals surface area contributed by atoms with Gasteiger partial charge in [0.05, 0.1) is 11.7 Å². The molecule has 0 aliphatic carbocycles. The van der Waals surface area contributed by atoms with Gasteiger partial charge < -0.3 is 25.0 Å². The molecule has 0 bridgehead atoms. The summed E-state index contributed by atoms with van der Waals surface area (Å²) in [5.74, 6) is -0.300. The molecule has 1 aliphatic heterocycles. The van der Waals surface area contributed by atoms with Crippen molar-refractivity contribution in [3.8, 4) is 5.75 Å². The molecule has 2 rings (SSSR count). The first-order valence-corrected chi connectivity index (χ1v) is 12.5. The van der Waals surface area contributed by atoms with E-state index in [1.54, 1.807) is 0 Å². The molecule has 0 radical (unpaired) electrons. The minimum atomic E-state index is -1.82. The maximum Gasteiger partial charge on any atom is 0.414 e. The molecular weight excluding hydrogens is 434 g/mol. The van der Waals surface area contributed by atoms with E-state index in [-0.39, 0.29) is 11.7 Å². The highest BCUT2D eigenvalue weighted by atomic mass is 16.5. The molecule has 34 heavy (non-hydrogen) atoms. The van der Waals surface area contributed by atoms with Crippen LogP contribution in [-0.2, 0) is 20.9 Å². The van der Waals surface area contributed by atoms with E-state index in [4.69, 9.17) is 29.3 Å². The van der Waals surface area contributed by atoms with Crippen LogP contribution in [0.3, 0.4) is 0 Å². The molecule has 3 N–H and O–H groups in total. The van der Waals surface area contributed by atoms with E-state index < -0.39 is 11.9 Å². The number of carbonyl (C=O) groups is 2. The maximum atomic E-state index is 9.10. The van der Waals surface area contributed by atoms with Crippen molar-refractivity contribution in [2.45, 2.75) is 91.9 Å². The summed E-state index contributed by atoms with van der Waals surface area (Å²) in [5.41, 5.74) is 1.37. The zero-order valence-electron chi connectivity index (χ0n) is 21.8. The molecule has 7 nitrogen and oxygen atoms in total. The van der Waals surface area contributed by atoms with Crippen LogP contribution in [-0.4, -0.2) is 47.0 Å². The molecule has 0 saturated carbocycles. The molecule has 1 aliphatic rings. The Kier molecular flexibility index (Phi) is 13.2. The zero-order valence-corrected chi connectivity index (χ0v) is 21.8. The van der Waals surface area contributed by atoms with Gasteiger partial charge in [-0.1, -0.05) is 32.4 Å². The SMILES string of the molecule is CC(C)CCC(CCNCc1ccc(OC(C)C)cc1)C1CCOC(C)(C)C1.O=C(O)C(=O)O. The largest absolute Gasteiger partial charge is 0.491 e. The van der Waals surface area contributed by atoms with Crippen LogP contribution >= 0.6 is 0 Å². The fraction of sp³-hybridized carbons (Fsp3) is 0.704. The number of benzene rings is 1. The van der Waals surface area contributed by atoms with Gasteiger partial charge in [0.2, 0.25) is 0 Å². The minimum absolute atomic E-state index is 0.0478. The lowest BCUT2D eigenvalue weighted by Crippen LogP contribution is -2.37. The molecule has 1 fully saturated rings. The zero-order chi connectivity index (χ0) is 25.7. The first-order chi connectivity index (χ1) is 15.9. The van der Waals surface area contributed by atoms with Gasteiger partial charge in [0, 0.05) is 13.2 Å². The van der Waals surface area contributed by atoms with Gasteiger partial charge in [-0.05, 0) is 95.4 Å². The van der Waals surface area contributed by atoms with Crippen molar-refractivity contribution in [2.75, 3.05) is 13.2 Å². The molecule has 2 unspecified atom stereocenters. The molecule has 1 heterocycles. The smallest absolute Gasteiger partial charge is 0.414 e. The summed E-state index contributed by atoms with van der Waals surface area (Å²) in [6.07, 6.45) is 6.60. The lowest BCUT2D eigenvalue weighted by Gasteiger charge is -2.39. The van der Waals surface area contributed by atoms with E-state index in [1.165, 1.54) is 37.7 Å². The average Bonchev–Trinajstić information content (AvgIpc) is 2.73. The monoisotopic (exact) mass is 479 g/mol. The highest BCUT2D eigenvalue weighted by Crippen LogP contribution is 2.37. The van der Waals surface area contributed by atoms with E-state index in [0.717, 1.165) is 43.2 Å². The number of carboxylic acids is 2. The fourth-order valence-corrected chi connectivity index (χ4v) is 4.32. The summed E-state index contributed by atoms with van der Waals surface area (Å²) in [7, 11) is 0. The van der Waals surface area contributed by atoms with Crippen LogP contribution in [0.1, 0.15) is 79.2 Å². The third kappa shape index (κ3) is 12.9. The molecule has 0 spiro atoms. The van der Waals surface area contributed by atoms with E-state index >= 15 is 0 Å². The van der Waals surface area contributed by atoms with Crippen molar-refractivity contribution in [2.24, 2.45) is 17.8 Å². The Labute approximate surface area is 205 Å². The van der Waals surface area contributed by atoms with Gasteiger partial charge in [-0.15, -0.1) is 0 Å². The Morgan fingerprint density at radius 2 is 1.68 bits per heavy atom. The summed E-state index contributed by atoms with van der Waals surface area (Å²) < 4.78 is 11.7. The Morgan fingerprint density at radius 3 is 2.18 bits per heavy atom. The van der Waals surface area contributed by atoms with Crippen LogP contribution in [0.25, 0.3) is 0 Å². The molecule has 1 saturated heterocycles. The fourth-order valence-electron chi connectivity index (χ4n) is 4.32. The van der Waals surface area contributed by atoms with Crippen LogP contribution in [0.5, 0.6) is 5.75 Å². The molecule has 1 aromatic rings. The summed E-state index contributed by atoms with van der Waals surface area (Å²) in [4.78, 5) is 18.2. The minimum Gasteiger partial charge on any atom is -0.491 e. The first-order valence-electron chi connectivity index (χ1n) is 12.5. The number of ether oxygens (including phenoxy) is 2. The first kappa shape index (κ1) is 29.9. The lowest BCUT2D eigenvalue weighted by molar-refractivity contribution is -0.159. The summed E-state index contributed by atoms with van der Waals surface area (Å²) >= 11 is 0. The molecule has 0 amide bonds. The summed E-state index contributed by atoms with van der Waals surface area (Å²) in [5, 5.41) is 18.5. The highest BCUT2D eigenvalue weighted by Gasteiger charge is 2.33. The van der Waals surface area contributed by atoms with E-state index in [0.29, 0.717) is 0 Å². The Hall–Kier alpha value is -2.12. The molecule has 7 heteroatoms. The highest BCUT2D eigenvalue weighted by molar-refractivity contribution is 6.27. The number of aliphatic carboxylic acids is 2. The van der Waals surface area contributed by atoms with Gasteiger partial charge in [0.15, 0.2) is 0 Å². The van der Waals surface area contributed by atoms with Gasteiger partial charge in [0.25, 0.3) is 0 Å². The number of rotatable bonds is 11. The van der Waals surface area contributed by atoms with Crippen molar-refractivity contribution >= 4 is 11.9 Å². The summed E-state index contributed by atoms with van der Waals surface area (Å²) in [6, 6.07) is 8.49. The third-order valence-electron chi connectivity index (χ3n) is 6.02. The Bertz CT molecular complexity index is 717. The lowest BCUT2D eigenvalue weighted by atomic mass is 9.75. The van der Waals surface area contributed by atoms with Crippen LogP contribution in [0.15, 0.2) is 24.3 Å². The Balaban J connectivity index is 0.000000852. The molecule has 0 aromatic heterocycles. The van der Waals surface area contributed by atoms with Gasteiger partial charge in [-0.25, -0.2) is 9.59 Å². The van der Waals surface area contributed by atoms with Crippen LogP contribution in [0.4, 0.5) is 0 Å². The third-order valence-corrected chi connectivity index (χ3v) is 6.02. The van der Waals surface area contributed by atoms with Gasteiger partial charge >= 0.3 is 11.9 Å². The second-order valence-electron chi connectivity index (χ2n) is 10.5. The summed E-state index contributed by atoms with van der Waals surface area (Å²) in [6.45, 7) is 16.3. The van der Waals surface area contributed by atoms with Gasteiger partial charge in [0.1, 0.15) is 5.75 Å². The predicted octanol–water partition coefficient (Wildman–Crippen LogP) is 5.37. The van der Waals surface area contributed by atoms with E-state index in [1.807, 2.05) is 0 Å². The second kappa shape index (κ2) is 15.0. The maximum absolute atomic E-state index is 9.10. The van der Waals surface area contributed by atoms with Gasteiger partial charge in [-0.2, -0.15) is 0 Å². The number of nitrogens with one attached hydrogen (secondary N) is 1. The Morgan fingerprint density at radius 1 is 1.06 bits per heavy atom. The van der Waals surface area contributed by atoms with Crippen LogP contribution in [0.2, 0.25) is 0 Å². The standard InChI is InChI=1S/C25H43NO2.C2H2O4/c1-19(2)7-10-22(23-14-16-27-25(5,6)17-23)13-15-26-18-21-8-11-24(12-9-21)28-20(3)4;3-1(4)2(5)6/h8-9,11-12,19-20,22-23,26H,7,10,13-18H2,1-6H3;(H,3,4)(H,5,6). The van der Waals surface area contributed by atoms with E-state index in [9.17, 15) is 0 Å².